The summed E-state index contributed by atoms with van der Waals surface area (Å²) in [6.07, 6.45) is 1.01. The summed E-state index contributed by atoms with van der Waals surface area (Å²) in [4.78, 5) is 3.97. The predicted octanol–water partition coefficient (Wildman–Crippen LogP) is 2.74. The lowest BCUT2D eigenvalue weighted by Crippen LogP contribution is -2.23. The molecule has 0 atom stereocenters. The van der Waals surface area contributed by atoms with E-state index in [9.17, 15) is 0 Å². The quantitative estimate of drug-likeness (QED) is 0.483. The molecule has 19 heavy (non-hydrogen) atoms. The van der Waals surface area contributed by atoms with Crippen LogP contribution in [0, 0.1) is 0 Å². The second-order valence-corrected chi connectivity index (χ2v) is 5.50. The lowest BCUT2D eigenvalue weighted by molar-refractivity contribution is 0.937. The maximum atomic E-state index is 5.27. The molecule has 0 aliphatic carbocycles. The van der Waals surface area contributed by atoms with Crippen molar-refractivity contribution >= 4 is 28.5 Å². The van der Waals surface area contributed by atoms with E-state index in [1.54, 1.807) is 0 Å². The first kappa shape index (κ1) is 13.7. The molecule has 2 aromatic carbocycles. The molecule has 2 aromatic rings. The van der Waals surface area contributed by atoms with Crippen LogP contribution >= 0.6 is 11.8 Å². The van der Waals surface area contributed by atoms with Crippen molar-refractivity contribution in [2.75, 3.05) is 12.3 Å². The van der Waals surface area contributed by atoms with Gasteiger partial charge in [-0.3, -0.25) is 4.99 Å². The van der Waals surface area contributed by atoms with E-state index in [-0.39, 0.29) is 5.96 Å². The van der Waals surface area contributed by atoms with E-state index in [1.165, 1.54) is 16.3 Å². The Kier molecular flexibility index (Phi) is 5.10. The monoisotopic (exact) mass is 273 g/mol. The van der Waals surface area contributed by atoms with Crippen LogP contribution in [0.25, 0.3) is 10.8 Å². The van der Waals surface area contributed by atoms with Crippen molar-refractivity contribution in [3.05, 3.63) is 48.0 Å². The highest BCUT2D eigenvalue weighted by Crippen LogP contribution is 2.19. The molecule has 4 heteroatoms. The fourth-order valence-electron chi connectivity index (χ4n) is 1.89. The van der Waals surface area contributed by atoms with Gasteiger partial charge in [0.2, 0.25) is 0 Å². The minimum atomic E-state index is 0.180. The number of thioether (sulfide) groups is 1. The van der Waals surface area contributed by atoms with Crippen molar-refractivity contribution in [1.82, 2.24) is 0 Å². The SMILES string of the molecule is NC(N)=NCCCSCc1ccc2ccccc2c1. The molecule has 0 radical (unpaired) electrons. The van der Waals surface area contributed by atoms with Gasteiger partial charge in [0.1, 0.15) is 0 Å². The third-order valence-corrected chi connectivity index (χ3v) is 3.94. The summed E-state index contributed by atoms with van der Waals surface area (Å²) in [5.41, 5.74) is 11.9. The number of guanidine groups is 1. The molecule has 0 heterocycles. The summed E-state index contributed by atoms with van der Waals surface area (Å²) in [5.74, 6) is 2.29. The van der Waals surface area contributed by atoms with Crippen LogP contribution in [0.3, 0.4) is 0 Å². The summed E-state index contributed by atoms with van der Waals surface area (Å²) < 4.78 is 0. The largest absolute Gasteiger partial charge is 0.370 e. The summed E-state index contributed by atoms with van der Waals surface area (Å²) in [6.45, 7) is 0.715. The van der Waals surface area contributed by atoms with Crippen LogP contribution in [0.1, 0.15) is 12.0 Å². The van der Waals surface area contributed by atoms with Gasteiger partial charge in [-0.25, -0.2) is 0 Å². The molecule has 0 aliphatic heterocycles. The highest BCUT2D eigenvalue weighted by molar-refractivity contribution is 7.98. The highest BCUT2D eigenvalue weighted by Gasteiger charge is 1.97. The molecule has 0 aromatic heterocycles. The fourth-order valence-corrected chi connectivity index (χ4v) is 2.79. The van der Waals surface area contributed by atoms with E-state index in [2.05, 4.69) is 47.5 Å². The fraction of sp³-hybridized carbons (Fsp3) is 0.267. The van der Waals surface area contributed by atoms with E-state index in [0.29, 0.717) is 6.54 Å². The molecule has 0 saturated carbocycles. The number of rotatable bonds is 6. The van der Waals surface area contributed by atoms with Gasteiger partial charge in [0.25, 0.3) is 0 Å². The van der Waals surface area contributed by atoms with Gasteiger partial charge in [-0.1, -0.05) is 42.5 Å². The van der Waals surface area contributed by atoms with E-state index < -0.39 is 0 Å². The Morgan fingerprint density at radius 2 is 1.84 bits per heavy atom. The van der Waals surface area contributed by atoms with Gasteiger partial charge in [-0.15, -0.1) is 0 Å². The number of benzene rings is 2. The lowest BCUT2D eigenvalue weighted by atomic mass is 10.1. The Morgan fingerprint density at radius 3 is 2.63 bits per heavy atom. The van der Waals surface area contributed by atoms with Gasteiger partial charge in [0, 0.05) is 12.3 Å². The number of hydrogen-bond donors (Lipinski definition) is 2. The van der Waals surface area contributed by atoms with Gasteiger partial charge in [0.15, 0.2) is 5.96 Å². The average Bonchev–Trinajstić information content (AvgIpc) is 2.42. The maximum absolute atomic E-state index is 5.27. The first-order chi connectivity index (χ1) is 9.25. The Labute approximate surface area is 118 Å². The molecule has 0 spiro atoms. The maximum Gasteiger partial charge on any atom is 0.185 e. The lowest BCUT2D eigenvalue weighted by Gasteiger charge is -2.03. The molecule has 2 rings (SSSR count). The van der Waals surface area contributed by atoms with E-state index >= 15 is 0 Å². The molecule has 0 aliphatic rings. The zero-order valence-corrected chi connectivity index (χ0v) is 11.7. The normalized spacial score (nSPS) is 10.5. The Hall–Kier alpha value is -1.68. The molecule has 0 unspecified atom stereocenters. The summed E-state index contributed by atoms with van der Waals surface area (Å²) >= 11 is 1.92. The number of nitrogens with zero attached hydrogens (tertiary/aromatic N) is 1. The standard InChI is InChI=1S/C15H19N3S/c16-15(17)18-8-3-9-19-11-12-6-7-13-4-1-2-5-14(13)10-12/h1-2,4-7,10H,3,8-9,11H2,(H4,16,17,18). The van der Waals surface area contributed by atoms with Crippen molar-refractivity contribution < 1.29 is 0 Å². The molecule has 100 valence electrons. The van der Waals surface area contributed by atoms with Crippen LogP contribution < -0.4 is 11.5 Å². The van der Waals surface area contributed by atoms with Crippen molar-refractivity contribution in [3.63, 3.8) is 0 Å². The zero-order valence-electron chi connectivity index (χ0n) is 10.9. The van der Waals surface area contributed by atoms with Crippen LogP contribution in [-0.4, -0.2) is 18.3 Å². The Bertz CT molecular complexity index is 562. The van der Waals surface area contributed by atoms with Crippen LogP contribution in [0.2, 0.25) is 0 Å². The van der Waals surface area contributed by atoms with Crippen molar-refractivity contribution in [1.29, 1.82) is 0 Å². The second-order valence-electron chi connectivity index (χ2n) is 4.39. The molecule has 0 amide bonds. The van der Waals surface area contributed by atoms with E-state index in [0.717, 1.165) is 17.9 Å². The average molecular weight is 273 g/mol. The number of aliphatic imine (C=N–C) groups is 1. The molecular weight excluding hydrogens is 254 g/mol. The van der Waals surface area contributed by atoms with Crippen molar-refractivity contribution in [3.8, 4) is 0 Å². The van der Waals surface area contributed by atoms with Gasteiger partial charge in [-0.05, 0) is 28.5 Å². The molecule has 3 nitrogen and oxygen atoms in total. The molecule has 4 N–H and O–H groups in total. The van der Waals surface area contributed by atoms with Crippen LogP contribution in [-0.2, 0) is 5.75 Å². The van der Waals surface area contributed by atoms with Gasteiger partial charge >= 0.3 is 0 Å². The summed E-state index contributed by atoms with van der Waals surface area (Å²) in [7, 11) is 0. The molecule has 0 saturated heterocycles. The van der Waals surface area contributed by atoms with Crippen LogP contribution in [0.5, 0.6) is 0 Å². The summed E-state index contributed by atoms with van der Waals surface area (Å²) in [6, 6.07) is 15.1. The highest BCUT2D eigenvalue weighted by atomic mass is 32.2. The smallest absolute Gasteiger partial charge is 0.185 e. The van der Waals surface area contributed by atoms with Crippen molar-refractivity contribution in [2.24, 2.45) is 16.5 Å². The first-order valence-electron chi connectivity index (χ1n) is 6.36. The van der Waals surface area contributed by atoms with Gasteiger partial charge in [-0.2, -0.15) is 11.8 Å². The minimum absolute atomic E-state index is 0.180. The van der Waals surface area contributed by atoms with Gasteiger partial charge in [0.05, 0.1) is 0 Å². The zero-order chi connectivity index (χ0) is 13.5. The van der Waals surface area contributed by atoms with Crippen molar-refractivity contribution in [2.45, 2.75) is 12.2 Å². The Morgan fingerprint density at radius 1 is 1.05 bits per heavy atom. The number of fused-ring (bicyclic) bond motifs is 1. The minimum Gasteiger partial charge on any atom is -0.370 e. The molecule has 0 fully saturated rings. The topological polar surface area (TPSA) is 64.4 Å². The first-order valence-corrected chi connectivity index (χ1v) is 7.52. The third kappa shape index (κ3) is 4.48. The molecular formula is C15H19N3S. The van der Waals surface area contributed by atoms with E-state index in [1.807, 2.05) is 11.8 Å². The van der Waals surface area contributed by atoms with Gasteiger partial charge < -0.3 is 11.5 Å². The third-order valence-electron chi connectivity index (χ3n) is 2.82. The Balaban J connectivity index is 1.80. The second kappa shape index (κ2) is 7.04. The predicted molar refractivity (Wildman–Crippen MR) is 85.4 cm³/mol. The number of nitrogens with two attached hydrogens (primary N) is 2. The number of hydrogen-bond acceptors (Lipinski definition) is 2. The van der Waals surface area contributed by atoms with Crippen LogP contribution in [0.4, 0.5) is 0 Å². The van der Waals surface area contributed by atoms with Crippen LogP contribution in [0.15, 0.2) is 47.5 Å². The van der Waals surface area contributed by atoms with E-state index in [4.69, 9.17) is 11.5 Å². The molecule has 0 bridgehead atoms. The summed E-state index contributed by atoms with van der Waals surface area (Å²) in [5, 5.41) is 2.60.